The van der Waals surface area contributed by atoms with Gasteiger partial charge in [0.05, 0.1) is 24.7 Å². The Morgan fingerprint density at radius 3 is 2.60 bits per heavy atom. The molecule has 20 heavy (non-hydrogen) atoms. The fourth-order valence-corrected chi connectivity index (χ4v) is 2.00. The monoisotopic (exact) mass is 279 g/mol. The third kappa shape index (κ3) is 6.85. The van der Waals surface area contributed by atoms with Crippen LogP contribution in [0.1, 0.15) is 58.6 Å². The fraction of sp³-hybridized carbons (Fsp3) is 0.750. The van der Waals surface area contributed by atoms with Crippen molar-refractivity contribution in [3.05, 3.63) is 18.1 Å². The van der Waals surface area contributed by atoms with Gasteiger partial charge in [0.25, 0.3) is 0 Å². The maximum absolute atomic E-state index is 5.74. The lowest BCUT2D eigenvalue weighted by Gasteiger charge is -2.14. The van der Waals surface area contributed by atoms with E-state index in [4.69, 9.17) is 4.74 Å². The van der Waals surface area contributed by atoms with Gasteiger partial charge >= 0.3 is 0 Å². The van der Waals surface area contributed by atoms with E-state index in [1.165, 1.54) is 19.3 Å². The lowest BCUT2D eigenvalue weighted by atomic mass is 10.0. The third-order valence-corrected chi connectivity index (χ3v) is 3.42. The van der Waals surface area contributed by atoms with E-state index in [1.54, 1.807) is 12.4 Å². The van der Waals surface area contributed by atoms with Crippen LogP contribution in [0.4, 0.5) is 0 Å². The molecule has 114 valence electrons. The molecule has 1 atom stereocenters. The highest BCUT2D eigenvalue weighted by atomic mass is 16.5. The zero-order valence-corrected chi connectivity index (χ0v) is 13.2. The van der Waals surface area contributed by atoms with E-state index in [0.29, 0.717) is 11.8 Å². The first-order chi connectivity index (χ1) is 9.80. The molecule has 0 aliphatic heterocycles. The number of hydrogen-bond donors (Lipinski definition) is 1. The molecule has 0 amide bonds. The maximum Gasteiger partial charge on any atom is 0.232 e. The summed E-state index contributed by atoms with van der Waals surface area (Å²) in [6.07, 6.45) is 9.57. The van der Waals surface area contributed by atoms with E-state index < -0.39 is 0 Å². The highest BCUT2D eigenvalue weighted by molar-refractivity contribution is 5.07. The van der Waals surface area contributed by atoms with E-state index in [0.717, 1.165) is 38.2 Å². The van der Waals surface area contributed by atoms with Gasteiger partial charge < -0.3 is 10.1 Å². The molecular weight excluding hydrogens is 250 g/mol. The Hall–Kier alpha value is -1.16. The average molecular weight is 279 g/mol. The van der Waals surface area contributed by atoms with Gasteiger partial charge in [-0.25, -0.2) is 4.98 Å². The predicted molar refractivity (Wildman–Crippen MR) is 82.8 cm³/mol. The van der Waals surface area contributed by atoms with Crippen LogP contribution in [0.25, 0.3) is 0 Å². The number of hydrogen-bond acceptors (Lipinski definition) is 4. The lowest BCUT2D eigenvalue weighted by molar-refractivity contribution is 0.225. The standard InChI is InChI=1S/C16H29N3O/c1-4-7-8-14(6-3)13-20-16-12-18-15(11-19-16)10-17-9-5-2/h11-12,14,17H,4-10,13H2,1-3H3. The molecule has 0 aliphatic rings. The molecule has 0 saturated carbocycles. The molecule has 1 heterocycles. The van der Waals surface area contributed by atoms with Crippen molar-refractivity contribution >= 4 is 0 Å². The summed E-state index contributed by atoms with van der Waals surface area (Å²) in [6, 6.07) is 0. The fourth-order valence-electron chi connectivity index (χ4n) is 2.00. The van der Waals surface area contributed by atoms with Crippen LogP contribution in [0.5, 0.6) is 5.88 Å². The Bertz CT molecular complexity index is 340. The van der Waals surface area contributed by atoms with Gasteiger partial charge in [-0.15, -0.1) is 0 Å². The summed E-state index contributed by atoms with van der Waals surface area (Å²) in [7, 11) is 0. The van der Waals surface area contributed by atoms with Crippen molar-refractivity contribution in [3.63, 3.8) is 0 Å². The van der Waals surface area contributed by atoms with Gasteiger partial charge in [0, 0.05) is 6.54 Å². The van der Waals surface area contributed by atoms with Crippen LogP contribution in [0.2, 0.25) is 0 Å². The molecule has 1 aromatic heterocycles. The zero-order valence-electron chi connectivity index (χ0n) is 13.2. The Morgan fingerprint density at radius 1 is 1.15 bits per heavy atom. The first-order valence-electron chi connectivity index (χ1n) is 7.94. The van der Waals surface area contributed by atoms with Gasteiger partial charge in [0.1, 0.15) is 0 Å². The van der Waals surface area contributed by atoms with Gasteiger partial charge in [0.2, 0.25) is 5.88 Å². The van der Waals surface area contributed by atoms with Crippen LogP contribution in [0.3, 0.4) is 0 Å². The molecule has 1 N–H and O–H groups in total. The highest BCUT2D eigenvalue weighted by Gasteiger charge is 2.07. The van der Waals surface area contributed by atoms with Crippen molar-refractivity contribution in [1.29, 1.82) is 0 Å². The SMILES string of the molecule is CCCCC(CC)COc1cnc(CNCCC)cn1. The topological polar surface area (TPSA) is 47.0 Å². The van der Waals surface area contributed by atoms with Crippen molar-refractivity contribution < 1.29 is 4.74 Å². The number of nitrogens with one attached hydrogen (secondary N) is 1. The van der Waals surface area contributed by atoms with Gasteiger partial charge in [-0.1, -0.05) is 40.0 Å². The molecule has 4 heteroatoms. The first kappa shape index (κ1) is 16.9. The summed E-state index contributed by atoms with van der Waals surface area (Å²) in [4.78, 5) is 8.69. The molecule has 0 aliphatic carbocycles. The Labute approximate surface area is 123 Å². The van der Waals surface area contributed by atoms with E-state index in [2.05, 4.69) is 36.1 Å². The van der Waals surface area contributed by atoms with E-state index in [1.807, 2.05) is 0 Å². The van der Waals surface area contributed by atoms with Gasteiger partial charge in [-0.3, -0.25) is 4.98 Å². The molecule has 1 aromatic rings. The average Bonchev–Trinajstić information content (AvgIpc) is 2.49. The number of aromatic nitrogens is 2. The van der Waals surface area contributed by atoms with Crippen LogP contribution in [-0.2, 0) is 6.54 Å². The minimum atomic E-state index is 0.627. The van der Waals surface area contributed by atoms with Crippen molar-refractivity contribution in [3.8, 4) is 5.88 Å². The molecule has 0 radical (unpaired) electrons. The minimum Gasteiger partial charge on any atom is -0.476 e. The van der Waals surface area contributed by atoms with E-state index in [9.17, 15) is 0 Å². The Kier molecular flexibility index (Phi) is 8.96. The third-order valence-electron chi connectivity index (χ3n) is 3.42. The molecule has 0 bridgehead atoms. The lowest BCUT2D eigenvalue weighted by Crippen LogP contribution is -2.15. The normalized spacial score (nSPS) is 12.3. The largest absolute Gasteiger partial charge is 0.476 e. The summed E-state index contributed by atoms with van der Waals surface area (Å²) < 4.78 is 5.74. The zero-order chi connectivity index (χ0) is 14.6. The number of rotatable bonds is 11. The smallest absolute Gasteiger partial charge is 0.232 e. The Balaban J connectivity index is 2.32. The molecule has 1 rings (SSSR count). The quantitative estimate of drug-likeness (QED) is 0.629. The van der Waals surface area contributed by atoms with E-state index >= 15 is 0 Å². The van der Waals surface area contributed by atoms with Crippen molar-refractivity contribution in [2.75, 3.05) is 13.2 Å². The molecule has 0 fully saturated rings. The summed E-state index contributed by atoms with van der Waals surface area (Å²) >= 11 is 0. The Morgan fingerprint density at radius 2 is 2.00 bits per heavy atom. The molecule has 0 saturated heterocycles. The summed E-state index contributed by atoms with van der Waals surface area (Å²) in [5.74, 6) is 1.27. The molecular formula is C16H29N3O. The summed E-state index contributed by atoms with van der Waals surface area (Å²) in [5.41, 5.74) is 0.962. The van der Waals surface area contributed by atoms with Crippen LogP contribution < -0.4 is 10.1 Å². The molecule has 0 spiro atoms. The van der Waals surface area contributed by atoms with Crippen molar-refractivity contribution in [1.82, 2.24) is 15.3 Å². The molecule has 1 unspecified atom stereocenters. The van der Waals surface area contributed by atoms with Crippen LogP contribution in [-0.4, -0.2) is 23.1 Å². The molecule has 0 aromatic carbocycles. The van der Waals surface area contributed by atoms with Gasteiger partial charge in [0.15, 0.2) is 0 Å². The van der Waals surface area contributed by atoms with Crippen LogP contribution >= 0.6 is 0 Å². The number of nitrogens with zero attached hydrogens (tertiary/aromatic N) is 2. The number of unbranched alkanes of at least 4 members (excludes halogenated alkanes) is 1. The summed E-state index contributed by atoms with van der Waals surface area (Å²) in [5, 5.41) is 3.31. The van der Waals surface area contributed by atoms with Crippen LogP contribution in [0, 0.1) is 5.92 Å². The second-order valence-corrected chi connectivity index (χ2v) is 5.25. The number of ether oxygens (including phenoxy) is 1. The molecule has 4 nitrogen and oxygen atoms in total. The van der Waals surface area contributed by atoms with E-state index in [-0.39, 0.29) is 0 Å². The first-order valence-corrected chi connectivity index (χ1v) is 7.94. The van der Waals surface area contributed by atoms with Gasteiger partial charge in [-0.2, -0.15) is 0 Å². The second kappa shape index (κ2) is 10.6. The highest BCUT2D eigenvalue weighted by Crippen LogP contribution is 2.14. The minimum absolute atomic E-state index is 0.627. The second-order valence-electron chi connectivity index (χ2n) is 5.25. The van der Waals surface area contributed by atoms with Crippen molar-refractivity contribution in [2.45, 2.75) is 59.4 Å². The summed E-state index contributed by atoms with van der Waals surface area (Å²) in [6.45, 7) is 9.13. The predicted octanol–water partition coefficient (Wildman–Crippen LogP) is 3.57. The van der Waals surface area contributed by atoms with Crippen LogP contribution in [0.15, 0.2) is 12.4 Å². The van der Waals surface area contributed by atoms with Gasteiger partial charge in [-0.05, 0) is 25.3 Å². The van der Waals surface area contributed by atoms with Crippen molar-refractivity contribution in [2.24, 2.45) is 5.92 Å². The maximum atomic E-state index is 5.74.